The van der Waals surface area contributed by atoms with Crippen LogP contribution in [0.2, 0.25) is 0 Å². The molecule has 0 fully saturated rings. The highest BCUT2D eigenvalue weighted by molar-refractivity contribution is 5.87. The molecular weight excluding hydrogens is 404 g/mol. The highest BCUT2D eigenvalue weighted by Gasteiger charge is 2.12. The van der Waals surface area contributed by atoms with Crippen LogP contribution in [0.5, 0.6) is 11.5 Å². The lowest BCUT2D eigenvalue weighted by atomic mass is 10.1. The molecule has 1 aromatic heterocycles. The Labute approximate surface area is 185 Å². The molecule has 4 aromatic rings. The fourth-order valence-corrected chi connectivity index (χ4v) is 3.32. The number of rotatable bonds is 8. The summed E-state index contributed by atoms with van der Waals surface area (Å²) in [6, 6.07) is 24.0. The highest BCUT2D eigenvalue weighted by Crippen LogP contribution is 2.32. The number of ether oxygens (including phenoxy) is 1. The molecule has 7 nitrogen and oxygen atoms in total. The van der Waals surface area contributed by atoms with Gasteiger partial charge in [0.15, 0.2) is 0 Å². The van der Waals surface area contributed by atoms with Gasteiger partial charge >= 0.3 is 5.97 Å². The van der Waals surface area contributed by atoms with Gasteiger partial charge in [-0.1, -0.05) is 42.5 Å². The number of hydrogen-bond acceptors (Lipinski definition) is 6. The lowest BCUT2D eigenvalue weighted by molar-refractivity contribution is 0.0696. The van der Waals surface area contributed by atoms with E-state index in [9.17, 15) is 4.79 Å². The third-order valence-electron chi connectivity index (χ3n) is 4.88. The summed E-state index contributed by atoms with van der Waals surface area (Å²) >= 11 is 0. The Morgan fingerprint density at radius 2 is 1.69 bits per heavy atom. The maximum Gasteiger partial charge on any atom is 0.335 e. The molecule has 0 spiro atoms. The van der Waals surface area contributed by atoms with Crippen LogP contribution in [0.4, 0.5) is 11.6 Å². The molecule has 0 atom stereocenters. The first-order chi connectivity index (χ1) is 15.6. The van der Waals surface area contributed by atoms with Crippen molar-refractivity contribution >= 4 is 17.6 Å². The van der Waals surface area contributed by atoms with Crippen molar-refractivity contribution < 1.29 is 14.6 Å². The van der Waals surface area contributed by atoms with Crippen molar-refractivity contribution in [3.63, 3.8) is 0 Å². The van der Waals surface area contributed by atoms with E-state index in [1.54, 1.807) is 18.2 Å². The number of nitrogens with one attached hydrogen (secondary N) is 1. The van der Waals surface area contributed by atoms with Gasteiger partial charge in [-0.2, -0.15) is 0 Å². The van der Waals surface area contributed by atoms with Crippen molar-refractivity contribution in [2.24, 2.45) is 0 Å². The number of nitrogen functional groups attached to an aromatic ring is 1. The van der Waals surface area contributed by atoms with Crippen LogP contribution in [0.3, 0.4) is 0 Å². The standard InChI is InChI=1S/C25H22N4O3/c26-23-22(18-9-11-21(12-10-18)32-20-7-2-1-3-8-20)24(29-16-28-23)27-14-13-17-5-4-6-19(15-17)25(30)31/h1-12,15-16H,13-14H2,(H,30,31)(H3,26,27,28,29). The van der Waals surface area contributed by atoms with Crippen molar-refractivity contribution in [2.45, 2.75) is 6.42 Å². The lowest BCUT2D eigenvalue weighted by Crippen LogP contribution is -2.10. The van der Waals surface area contributed by atoms with Crippen LogP contribution < -0.4 is 15.8 Å². The molecule has 0 amide bonds. The monoisotopic (exact) mass is 426 g/mol. The summed E-state index contributed by atoms with van der Waals surface area (Å²) in [4.78, 5) is 19.6. The fourth-order valence-electron chi connectivity index (χ4n) is 3.32. The maximum absolute atomic E-state index is 11.2. The number of carboxylic acids is 1. The molecule has 0 bridgehead atoms. The number of anilines is 2. The molecule has 1 heterocycles. The molecule has 0 aliphatic carbocycles. The van der Waals surface area contributed by atoms with E-state index in [0.29, 0.717) is 35.9 Å². The summed E-state index contributed by atoms with van der Waals surface area (Å²) in [5.74, 6) is 1.52. The van der Waals surface area contributed by atoms with E-state index in [-0.39, 0.29) is 5.56 Å². The lowest BCUT2D eigenvalue weighted by Gasteiger charge is -2.13. The predicted molar refractivity (Wildman–Crippen MR) is 124 cm³/mol. The van der Waals surface area contributed by atoms with E-state index in [2.05, 4.69) is 15.3 Å². The summed E-state index contributed by atoms with van der Waals surface area (Å²) in [6.07, 6.45) is 2.05. The first-order valence-corrected chi connectivity index (χ1v) is 10.1. The number of aromatic carboxylic acids is 1. The summed E-state index contributed by atoms with van der Waals surface area (Å²) in [7, 11) is 0. The van der Waals surface area contributed by atoms with E-state index in [4.69, 9.17) is 15.6 Å². The van der Waals surface area contributed by atoms with Gasteiger partial charge < -0.3 is 20.9 Å². The quantitative estimate of drug-likeness (QED) is 0.369. The SMILES string of the molecule is Nc1ncnc(NCCc2cccc(C(=O)O)c2)c1-c1ccc(Oc2ccccc2)cc1. The summed E-state index contributed by atoms with van der Waals surface area (Å²) in [5, 5.41) is 12.4. The van der Waals surface area contributed by atoms with E-state index in [1.165, 1.54) is 6.33 Å². The number of carboxylic acid groups (broad SMARTS) is 1. The second-order valence-electron chi connectivity index (χ2n) is 7.10. The average Bonchev–Trinajstić information content (AvgIpc) is 2.81. The second-order valence-corrected chi connectivity index (χ2v) is 7.10. The van der Waals surface area contributed by atoms with E-state index in [0.717, 1.165) is 16.9 Å². The van der Waals surface area contributed by atoms with Crippen LogP contribution in [0.1, 0.15) is 15.9 Å². The van der Waals surface area contributed by atoms with Crippen LogP contribution in [0, 0.1) is 0 Å². The molecule has 32 heavy (non-hydrogen) atoms. The van der Waals surface area contributed by atoms with E-state index >= 15 is 0 Å². The number of aromatic nitrogens is 2. The fraction of sp³-hybridized carbons (Fsp3) is 0.0800. The van der Waals surface area contributed by atoms with Crippen LogP contribution in [0.25, 0.3) is 11.1 Å². The van der Waals surface area contributed by atoms with Gasteiger partial charge in [0.25, 0.3) is 0 Å². The smallest absolute Gasteiger partial charge is 0.335 e. The Balaban J connectivity index is 1.48. The van der Waals surface area contributed by atoms with Gasteiger partial charge in [0.2, 0.25) is 0 Å². The minimum atomic E-state index is -0.939. The van der Waals surface area contributed by atoms with Gasteiger partial charge in [0.05, 0.1) is 11.1 Å². The van der Waals surface area contributed by atoms with Crippen LogP contribution in [-0.4, -0.2) is 27.6 Å². The molecule has 7 heteroatoms. The Bertz CT molecular complexity index is 1210. The minimum absolute atomic E-state index is 0.271. The van der Waals surface area contributed by atoms with Gasteiger partial charge in [0, 0.05) is 6.54 Å². The van der Waals surface area contributed by atoms with Gasteiger partial charge in [0.1, 0.15) is 29.5 Å². The van der Waals surface area contributed by atoms with Crippen molar-refractivity contribution in [1.29, 1.82) is 0 Å². The van der Waals surface area contributed by atoms with Gasteiger partial charge in [-0.15, -0.1) is 0 Å². The summed E-state index contributed by atoms with van der Waals surface area (Å²) < 4.78 is 5.85. The Morgan fingerprint density at radius 3 is 2.44 bits per heavy atom. The molecule has 160 valence electrons. The zero-order valence-corrected chi connectivity index (χ0v) is 17.2. The Morgan fingerprint density at radius 1 is 0.938 bits per heavy atom. The molecule has 4 rings (SSSR count). The third-order valence-corrected chi connectivity index (χ3v) is 4.88. The van der Waals surface area contributed by atoms with Crippen LogP contribution in [0.15, 0.2) is 85.2 Å². The normalized spacial score (nSPS) is 10.5. The molecule has 0 radical (unpaired) electrons. The second kappa shape index (κ2) is 9.61. The molecular formula is C25H22N4O3. The average molecular weight is 426 g/mol. The maximum atomic E-state index is 11.2. The first kappa shape index (κ1) is 20.9. The van der Waals surface area contributed by atoms with Crippen LogP contribution in [-0.2, 0) is 6.42 Å². The number of para-hydroxylation sites is 1. The molecule has 4 N–H and O–H groups in total. The number of carbonyl (C=O) groups is 1. The molecule has 0 saturated carbocycles. The van der Waals surface area contributed by atoms with Crippen molar-refractivity contribution in [2.75, 3.05) is 17.6 Å². The summed E-state index contributed by atoms with van der Waals surface area (Å²) in [6.45, 7) is 0.557. The van der Waals surface area contributed by atoms with Crippen molar-refractivity contribution in [1.82, 2.24) is 9.97 Å². The predicted octanol–water partition coefficient (Wildman–Crippen LogP) is 4.87. The molecule has 0 aliphatic heterocycles. The molecule has 0 unspecified atom stereocenters. The highest BCUT2D eigenvalue weighted by atomic mass is 16.5. The number of nitrogens with two attached hydrogens (primary N) is 1. The van der Waals surface area contributed by atoms with Crippen molar-refractivity contribution in [3.05, 3.63) is 96.3 Å². The minimum Gasteiger partial charge on any atom is -0.478 e. The van der Waals surface area contributed by atoms with E-state index in [1.807, 2.05) is 60.7 Å². The number of benzene rings is 3. The zero-order valence-electron chi connectivity index (χ0n) is 17.2. The van der Waals surface area contributed by atoms with Crippen molar-refractivity contribution in [3.8, 4) is 22.6 Å². The summed E-state index contributed by atoms with van der Waals surface area (Å²) in [5.41, 5.74) is 8.92. The first-order valence-electron chi connectivity index (χ1n) is 10.1. The largest absolute Gasteiger partial charge is 0.478 e. The number of nitrogens with zero attached hydrogens (tertiary/aromatic N) is 2. The van der Waals surface area contributed by atoms with Gasteiger partial charge in [-0.3, -0.25) is 0 Å². The van der Waals surface area contributed by atoms with Crippen LogP contribution >= 0.6 is 0 Å². The van der Waals surface area contributed by atoms with E-state index < -0.39 is 5.97 Å². The Hall–Kier alpha value is -4.39. The zero-order chi connectivity index (χ0) is 22.3. The molecule has 0 saturated heterocycles. The third kappa shape index (κ3) is 5.02. The molecule has 0 aliphatic rings. The van der Waals surface area contributed by atoms with Gasteiger partial charge in [-0.05, 0) is 53.9 Å². The number of hydrogen-bond donors (Lipinski definition) is 3. The van der Waals surface area contributed by atoms with Gasteiger partial charge in [-0.25, -0.2) is 14.8 Å². The Kier molecular flexibility index (Phi) is 6.27. The molecule has 3 aromatic carbocycles. The topological polar surface area (TPSA) is 110 Å².